The molecule has 2 aromatic rings. The van der Waals surface area contributed by atoms with Crippen LogP contribution in [0.15, 0.2) is 30.6 Å². The second-order valence-electron chi connectivity index (χ2n) is 5.36. The number of anilines is 1. The van der Waals surface area contributed by atoms with Gasteiger partial charge in [0.2, 0.25) is 5.91 Å². The van der Waals surface area contributed by atoms with Gasteiger partial charge < -0.3 is 11.1 Å². The van der Waals surface area contributed by atoms with Crippen LogP contribution in [0.2, 0.25) is 0 Å². The lowest BCUT2D eigenvalue weighted by atomic mass is 9.96. The summed E-state index contributed by atoms with van der Waals surface area (Å²) in [6.07, 6.45) is 2.28. The Balaban J connectivity index is 2.09. The highest BCUT2D eigenvalue weighted by molar-refractivity contribution is 5.92. The summed E-state index contributed by atoms with van der Waals surface area (Å²) in [5, 5.41) is 13.9. The number of rotatable bonds is 6. The third-order valence-corrected chi connectivity index (χ3v) is 3.14. The molecule has 0 aliphatic rings. The maximum Gasteiger partial charge on any atom is 0.228 e. The third-order valence-electron chi connectivity index (χ3n) is 3.14. The first kappa shape index (κ1) is 15.1. The number of carbonyl (C=O) groups is 1. The van der Waals surface area contributed by atoms with Crippen LogP contribution in [0.5, 0.6) is 0 Å². The molecule has 3 N–H and O–H groups in total. The Kier molecular flexibility index (Phi) is 4.99. The Hall–Kier alpha value is -2.28. The Morgan fingerprint density at radius 2 is 2.24 bits per heavy atom. The van der Waals surface area contributed by atoms with E-state index >= 15 is 0 Å². The van der Waals surface area contributed by atoms with Crippen LogP contribution in [-0.4, -0.2) is 32.7 Å². The van der Waals surface area contributed by atoms with Gasteiger partial charge in [0.1, 0.15) is 6.33 Å². The molecule has 0 bridgehead atoms. The third kappa shape index (κ3) is 4.09. The number of nitrogens with two attached hydrogens (primary N) is 1. The second kappa shape index (κ2) is 6.94. The van der Waals surface area contributed by atoms with Gasteiger partial charge >= 0.3 is 0 Å². The minimum atomic E-state index is -0.179. The first-order valence-corrected chi connectivity index (χ1v) is 6.94. The predicted octanol–water partition coefficient (Wildman–Crippen LogP) is 1.22. The van der Waals surface area contributed by atoms with E-state index in [0.29, 0.717) is 18.2 Å². The van der Waals surface area contributed by atoms with Crippen LogP contribution < -0.4 is 11.1 Å². The van der Waals surface area contributed by atoms with Crippen LogP contribution in [0.4, 0.5) is 5.69 Å². The minimum Gasteiger partial charge on any atom is -0.330 e. The zero-order valence-electron chi connectivity index (χ0n) is 12.2. The largest absolute Gasteiger partial charge is 0.330 e. The Bertz CT molecular complexity index is 581. The van der Waals surface area contributed by atoms with E-state index in [-0.39, 0.29) is 11.8 Å². The van der Waals surface area contributed by atoms with E-state index in [0.717, 1.165) is 12.1 Å². The molecule has 1 unspecified atom stereocenters. The molecule has 0 spiro atoms. The van der Waals surface area contributed by atoms with Gasteiger partial charge in [-0.05, 0) is 41.0 Å². The number of hydrogen-bond donors (Lipinski definition) is 2. The normalized spacial score (nSPS) is 12.4. The average molecular weight is 288 g/mol. The number of nitrogens with one attached hydrogen (secondary N) is 1. The fourth-order valence-electron chi connectivity index (χ4n) is 2.13. The first-order valence-electron chi connectivity index (χ1n) is 6.94. The number of benzene rings is 1. The highest BCUT2D eigenvalue weighted by Crippen LogP contribution is 2.17. The van der Waals surface area contributed by atoms with Crippen LogP contribution >= 0.6 is 0 Å². The molecule has 0 saturated heterocycles. The summed E-state index contributed by atoms with van der Waals surface area (Å²) in [6.45, 7) is 4.50. The van der Waals surface area contributed by atoms with Crippen LogP contribution in [0.25, 0.3) is 5.69 Å². The predicted molar refractivity (Wildman–Crippen MR) is 79.8 cm³/mol. The lowest BCUT2D eigenvalue weighted by Gasteiger charge is -2.17. The molecule has 7 nitrogen and oxygen atoms in total. The molecule has 0 aliphatic heterocycles. The lowest BCUT2D eigenvalue weighted by Crippen LogP contribution is -2.30. The minimum absolute atomic E-state index is 0.0555. The quantitative estimate of drug-likeness (QED) is 0.832. The van der Waals surface area contributed by atoms with Crippen LogP contribution in [0, 0.1) is 11.8 Å². The zero-order chi connectivity index (χ0) is 15.2. The molecule has 0 saturated carbocycles. The number of hydrogen-bond acceptors (Lipinski definition) is 5. The Labute approximate surface area is 123 Å². The summed E-state index contributed by atoms with van der Waals surface area (Å²) in [5.74, 6) is 0.193. The SMILES string of the molecule is CC(C)CC(CN)C(=O)Nc1cccc(-n2cnnn2)c1. The topological polar surface area (TPSA) is 98.7 Å². The van der Waals surface area contributed by atoms with E-state index in [1.165, 1.54) is 11.0 Å². The van der Waals surface area contributed by atoms with E-state index in [2.05, 4.69) is 34.7 Å². The summed E-state index contributed by atoms with van der Waals surface area (Å²) >= 11 is 0. The zero-order valence-corrected chi connectivity index (χ0v) is 12.2. The van der Waals surface area contributed by atoms with Crippen molar-refractivity contribution >= 4 is 11.6 Å². The van der Waals surface area contributed by atoms with Gasteiger partial charge in [-0.2, -0.15) is 0 Å². The van der Waals surface area contributed by atoms with Crippen molar-refractivity contribution in [2.24, 2.45) is 17.6 Å². The van der Waals surface area contributed by atoms with Gasteiger partial charge in [0, 0.05) is 12.2 Å². The van der Waals surface area contributed by atoms with E-state index in [9.17, 15) is 4.79 Å². The number of amides is 1. The molecule has 7 heteroatoms. The van der Waals surface area contributed by atoms with Gasteiger partial charge in [-0.15, -0.1) is 5.10 Å². The van der Waals surface area contributed by atoms with E-state index in [1.54, 1.807) is 0 Å². The van der Waals surface area contributed by atoms with Crippen LogP contribution in [0.1, 0.15) is 20.3 Å². The summed E-state index contributed by atoms with van der Waals surface area (Å²) in [7, 11) is 0. The summed E-state index contributed by atoms with van der Waals surface area (Å²) in [4.78, 5) is 12.2. The maximum atomic E-state index is 12.2. The van der Waals surface area contributed by atoms with Crippen molar-refractivity contribution in [2.75, 3.05) is 11.9 Å². The summed E-state index contributed by atoms with van der Waals surface area (Å²) < 4.78 is 1.53. The maximum absolute atomic E-state index is 12.2. The van der Waals surface area contributed by atoms with E-state index < -0.39 is 0 Å². The highest BCUT2D eigenvalue weighted by Gasteiger charge is 2.18. The molecule has 1 aromatic carbocycles. The Morgan fingerprint density at radius 3 is 2.86 bits per heavy atom. The molecule has 0 aliphatic carbocycles. The second-order valence-corrected chi connectivity index (χ2v) is 5.36. The molecule has 1 amide bonds. The van der Waals surface area contributed by atoms with Crippen molar-refractivity contribution in [3.8, 4) is 5.69 Å². The van der Waals surface area contributed by atoms with Gasteiger partial charge in [0.15, 0.2) is 0 Å². The van der Waals surface area contributed by atoms with Crippen LogP contribution in [0.3, 0.4) is 0 Å². The molecule has 0 radical (unpaired) electrons. The smallest absolute Gasteiger partial charge is 0.228 e. The number of carbonyl (C=O) groups excluding carboxylic acids is 1. The molecule has 2 rings (SSSR count). The van der Waals surface area contributed by atoms with E-state index in [4.69, 9.17) is 5.73 Å². The van der Waals surface area contributed by atoms with Gasteiger partial charge in [-0.3, -0.25) is 4.79 Å². The van der Waals surface area contributed by atoms with Crippen molar-refractivity contribution in [3.63, 3.8) is 0 Å². The molecule has 21 heavy (non-hydrogen) atoms. The van der Waals surface area contributed by atoms with Crippen molar-refractivity contribution < 1.29 is 4.79 Å². The standard InChI is InChI=1S/C14H20N6O/c1-10(2)6-11(8-15)14(21)17-12-4-3-5-13(7-12)20-9-16-18-19-20/h3-5,7,9-11H,6,8,15H2,1-2H3,(H,17,21). The van der Waals surface area contributed by atoms with Gasteiger partial charge in [-0.25, -0.2) is 4.68 Å². The van der Waals surface area contributed by atoms with Crippen molar-refractivity contribution in [2.45, 2.75) is 20.3 Å². The molecular weight excluding hydrogens is 268 g/mol. The summed E-state index contributed by atoms with van der Waals surface area (Å²) in [6, 6.07) is 7.35. The molecule has 1 aromatic heterocycles. The summed E-state index contributed by atoms with van der Waals surface area (Å²) in [5.41, 5.74) is 7.18. The molecule has 0 fully saturated rings. The van der Waals surface area contributed by atoms with Crippen molar-refractivity contribution in [1.82, 2.24) is 20.2 Å². The van der Waals surface area contributed by atoms with Gasteiger partial charge in [0.05, 0.1) is 11.6 Å². The fraction of sp³-hybridized carbons (Fsp3) is 0.429. The van der Waals surface area contributed by atoms with Gasteiger partial charge in [0.25, 0.3) is 0 Å². The number of aromatic nitrogens is 4. The lowest BCUT2D eigenvalue weighted by molar-refractivity contribution is -0.120. The first-order chi connectivity index (χ1) is 10.1. The Morgan fingerprint density at radius 1 is 1.43 bits per heavy atom. The fourth-order valence-corrected chi connectivity index (χ4v) is 2.13. The number of nitrogens with zero attached hydrogens (tertiary/aromatic N) is 4. The van der Waals surface area contributed by atoms with Crippen molar-refractivity contribution in [1.29, 1.82) is 0 Å². The highest BCUT2D eigenvalue weighted by atomic mass is 16.1. The van der Waals surface area contributed by atoms with Crippen molar-refractivity contribution in [3.05, 3.63) is 30.6 Å². The molecule has 1 heterocycles. The molecule has 1 atom stereocenters. The molecular formula is C14H20N6O. The number of tetrazole rings is 1. The van der Waals surface area contributed by atoms with E-state index in [1.807, 2.05) is 24.3 Å². The average Bonchev–Trinajstić information content (AvgIpc) is 2.99. The monoisotopic (exact) mass is 288 g/mol. The van der Waals surface area contributed by atoms with Crippen LogP contribution in [-0.2, 0) is 4.79 Å². The molecule has 112 valence electrons. The van der Waals surface area contributed by atoms with Gasteiger partial charge in [-0.1, -0.05) is 19.9 Å².